The number of piperazine rings is 1. The molecule has 6 aromatic rings. The Hall–Kier alpha value is -5.93. The number of nitriles is 1. The molecule has 1 aliphatic rings. The Morgan fingerprint density at radius 3 is 2.48 bits per heavy atom. The zero-order valence-electron chi connectivity index (χ0n) is 23.6. The summed E-state index contributed by atoms with van der Waals surface area (Å²) in [5, 5.41) is 9.16. The van der Waals surface area contributed by atoms with Crippen LogP contribution in [-0.2, 0) is 6.54 Å². The number of nitrogens with one attached hydrogen (secondary N) is 1. The average Bonchev–Trinajstić information content (AvgIpc) is 3.44. The third-order valence-electron chi connectivity index (χ3n) is 7.68. The van der Waals surface area contributed by atoms with E-state index in [9.17, 15) is 4.79 Å². The van der Waals surface area contributed by atoms with Crippen LogP contribution in [0.2, 0.25) is 0 Å². The molecule has 216 valence electrons. The second kappa shape index (κ2) is 11.4. The number of hydrogen-bond donors (Lipinski definition) is 2. The second-order valence-electron chi connectivity index (χ2n) is 10.5. The van der Waals surface area contributed by atoms with Crippen molar-refractivity contribution in [1.29, 1.82) is 5.26 Å². The van der Waals surface area contributed by atoms with Crippen LogP contribution >= 0.6 is 0 Å². The van der Waals surface area contributed by atoms with Gasteiger partial charge in [-0.3, -0.25) is 14.3 Å². The van der Waals surface area contributed by atoms with Crippen molar-refractivity contribution in [3.05, 3.63) is 107 Å². The van der Waals surface area contributed by atoms with Gasteiger partial charge in [-0.1, -0.05) is 12.1 Å². The molecule has 0 unspecified atom stereocenters. The van der Waals surface area contributed by atoms with Crippen molar-refractivity contribution in [2.24, 2.45) is 0 Å². The molecule has 0 saturated carbocycles. The number of nitrogen functional groups attached to an aromatic ring is 1. The number of pyridine rings is 3. The fourth-order valence-corrected chi connectivity index (χ4v) is 5.40. The monoisotopic (exact) mass is 581 g/mol. The van der Waals surface area contributed by atoms with Crippen LogP contribution in [0.4, 0.5) is 11.8 Å². The molecule has 44 heavy (non-hydrogen) atoms. The highest BCUT2D eigenvalue weighted by Crippen LogP contribution is 2.31. The summed E-state index contributed by atoms with van der Waals surface area (Å²) in [7, 11) is 0. The van der Waals surface area contributed by atoms with E-state index in [-0.39, 0.29) is 5.56 Å². The highest BCUT2D eigenvalue weighted by molar-refractivity contribution is 5.84. The number of imidazole rings is 1. The fraction of sp³-hybridized carbons (Fsp3) is 0.156. The van der Waals surface area contributed by atoms with Gasteiger partial charge >= 0.3 is 0 Å². The van der Waals surface area contributed by atoms with Crippen LogP contribution in [0.3, 0.4) is 0 Å². The van der Waals surface area contributed by atoms with Crippen LogP contribution in [0.1, 0.15) is 11.3 Å². The summed E-state index contributed by atoms with van der Waals surface area (Å²) in [5.41, 5.74) is 12.2. The zero-order chi connectivity index (χ0) is 30.0. The van der Waals surface area contributed by atoms with Crippen LogP contribution in [0, 0.1) is 11.3 Å². The Balaban J connectivity index is 1.17. The minimum Gasteiger partial charge on any atom is -0.383 e. The Morgan fingerprint density at radius 2 is 1.73 bits per heavy atom. The Labute approximate surface area is 252 Å². The van der Waals surface area contributed by atoms with E-state index in [1.807, 2.05) is 28.8 Å². The Bertz CT molecular complexity index is 2050. The third kappa shape index (κ3) is 5.23. The van der Waals surface area contributed by atoms with Crippen molar-refractivity contribution in [3.8, 4) is 34.4 Å². The fourth-order valence-electron chi connectivity index (χ4n) is 5.40. The molecule has 6 heterocycles. The summed E-state index contributed by atoms with van der Waals surface area (Å²) < 4.78 is 2.00. The second-order valence-corrected chi connectivity index (χ2v) is 10.5. The number of nitrogens with two attached hydrogens (primary N) is 1. The first kappa shape index (κ1) is 26.9. The number of rotatable bonds is 6. The predicted octanol–water partition coefficient (Wildman–Crippen LogP) is 3.40. The number of aromatic nitrogens is 7. The first-order valence-corrected chi connectivity index (χ1v) is 14.1. The minimum absolute atomic E-state index is 0.171. The lowest BCUT2D eigenvalue weighted by atomic mass is 10.1. The van der Waals surface area contributed by atoms with Gasteiger partial charge in [0, 0.05) is 68.6 Å². The van der Waals surface area contributed by atoms with E-state index in [1.54, 1.807) is 30.7 Å². The van der Waals surface area contributed by atoms with Crippen molar-refractivity contribution in [1.82, 2.24) is 39.4 Å². The van der Waals surface area contributed by atoms with E-state index in [4.69, 9.17) is 21.0 Å². The lowest BCUT2D eigenvalue weighted by Gasteiger charge is -2.34. The smallest absolute Gasteiger partial charge is 0.247 e. The number of aromatic amines is 1. The SMILES string of the molecule is N#Cc1ccnc(N2CCN(Cc3ccc(-n4c(-c5cccnc5N)nc5ccc(-c6ccc(=O)[nH]c6)nc54)cc3)CC2)n1. The maximum Gasteiger partial charge on any atom is 0.247 e. The molecule has 0 radical (unpaired) electrons. The van der Waals surface area contributed by atoms with Gasteiger partial charge in [-0.2, -0.15) is 5.26 Å². The molecule has 1 fully saturated rings. The van der Waals surface area contributed by atoms with Crippen LogP contribution in [0.5, 0.6) is 0 Å². The number of hydrogen-bond acceptors (Lipinski definition) is 10. The Morgan fingerprint density at radius 1 is 0.886 bits per heavy atom. The standard InChI is InChI=1S/C32H27N11O/c33-18-23-11-13-36-32(38-23)42-16-14-41(15-17-42)20-21-3-6-24(7-4-21)43-30(25-2-1-12-35-29(25)34)40-27-9-8-26(39-31(27)43)22-5-10-28(44)37-19-22/h1-13,19H,14-17,20H2,(H2,34,35)(H,37,44). The van der Waals surface area contributed by atoms with Gasteiger partial charge in [0.1, 0.15) is 23.1 Å². The van der Waals surface area contributed by atoms with E-state index in [1.165, 1.54) is 11.6 Å². The summed E-state index contributed by atoms with van der Waals surface area (Å²) in [6, 6.07) is 22.9. The van der Waals surface area contributed by atoms with Crippen molar-refractivity contribution in [2.75, 3.05) is 36.8 Å². The topological polar surface area (TPSA) is 159 Å². The van der Waals surface area contributed by atoms with Gasteiger partial charge in [-0.25, -0.2) is 24.9 Å². The van der Waals surface area contributed by atoms with E-state index in [0.29, 0.717) is 45.7 Å². The molecule has 0 spiro atoms. The number of anilines is 2. The highest BCUT2D eigenvalue weighted by atomic mass is 16.1. The summed E-state index contributed by atoms with van der Waals surface area (Å²) in [5.74, 6) is 1.62. The zero-order valence-corrected chi connectivity index (χ0v) is 23.6. The molecule has 1 aromatic carbocycles. The molecule has 1 aliphatic heterocycles. The largest absolute Gasteiger partial charge is 0.383 e. The first-order valence-electron chi connectivity index (χ1n) is 14.1. The Kier molecular flexibility index (Phi) is 6.97. The van der Waals surface area contributed by atoms with Gasteiger partial charge < -0.3 is 15.6 Å². The van der Waals surface area contributed by atoms with Crippen LogP contribution in [-0.4, -0.2) is 65.5 Å². The third-order valence-corrected chi connectivity index (χ3v) is 7.68. The number of nitrogens with zero attached hydrogens (tertiary/aromatic N) is 9. The summed E-state index contributed by atoms with van der Waals surface area (Å²) >= 11 is 0. The minimum atomic E-state index is -0.171. The molecule has 7 rings (SSSR count). The molecule has 5 aromatic heterocycles. The maximum absolute atomic E-state index is 11.6. The van der Waals surface area contributed by atoms with Crippen molar-refractivity contribution in [2.45, 2.75) is 6.54 Å². The lowest BCUT2D eigenvalue weighted by molar-refractivity contribution is 0.248. The van der Waals surface area contributed by atoms with E-state index in [0.717, 1.165) is 44.0 Å². The first-order chi connectivity index (χ1) is 21.6. The van der Waals surface area contributed by atoms with Gasteiger partial charge in [0.15, 0.2) is 11.5 Å². The number of H-pyrrole nitrogens is 1. The molecule has 0 atom stereocenters. The van der Waals surface area contributed by atoms with Crippen LogP contribution in [0.25, 0.3) is 39.5 Å². The molecule has 12 nitrogen and oxygen atoms in total. The van der Waals surface area contributed by atoms with Crippen molar-refractivity contribution in [3.63, 3.8) is 0 Å². The van der Waals surface area contributed by atoms with Gasteiger partial charge in [-0.05, 0) is 54.1 Å². The predicted molar refractivity (Wildman–Crippen MR) is 167 cm³/mol. The summed E-state index contributed by atoms with van der Waals surface area (Å²) in [6.07, 6.45) is 4.94. The molecular weight excluding hydrogens is 554 g/mol. The van der Waals surface area contributed by atoms with Crippen LogP contribution < -0.4 is 16.2 Å². The van der Waals surface area contributed by atoms with Crippen LogP contribution in [0.15, 0.2) is 90.1 Å². The summed E-state index contributed by atoms with van der Waals surface area (Å²) in [4.78, 5) is 41.7. The quantitative estimate of drug-likeness (QED) is 0.299. The number of fused-ring (bicyclic) bond motifs is 1. The van der Waals surface area contributed by atoms with E-state index >= 15 is 0 Å². The van der Waals surface area contributed by atoms with Gasteiger partial charge in [-0.15, -0.1) is 0 Å². The van der Waals surface area contributed by atoms with Gasteiger partial charge in [0.2, 0.25) is 11.5 Å². The number of benzene rings is 1. The molecule has 12 heteroatoms. The molecule has 0 amide bonds. The summed E-state index contributed by atoms with van der Waals surface area (Å²) in [6.45, 7) is 4.08. The molecular formula is C32H27N11O. The average molecular weight is 582 g/mol. The lowest BCUT2D eigenvalue weighted by Crippen LogP contribution is -2.46. The maximum atomic E-state index is 11.6. The molecule has 0 aliphatic carbocycles. The van der Waals surface area contributed by atoms with E-state index in [2.05, 4.69) is 60.1 Å². The van der Waals surface area contributed by atoms with Gasteiger partial charge in [0.25, 0.3) is 0 Å². The highest BCUT2D eigenvalue weighted by Gasteiger charge is 2.21. The van der Waals surface area contributed by atoms with Crippen molar-refractivity contribution < 1.29 is 0 Å². The van der Waals surface area contributed by atoms with E-state index < -0.39 is 0 Å². The van der Waals surface area contributed by atoms with Gasteiger partial charge in [0.05, 0.1) is 11.3 Å². The van der Waals surface area contributed by atoms with Crippen molar-refractivity contribution >= 4 is 22.9 Å². The molecule has 0 bridgehead atoms. The molecule has 1 saturated heterocycles. The molecule has 3 N–H and O–H groups in total. The normalized spacial score (nSPS) is 13.7.